The van der Waals surface area contributed by atoms with Gasteiger partial charge in [0, 0.05) is 16.1 Å². The van der Waals surface area contributed by atoms with Gasteiger partial charge in [0.15, 0.2) is 11.5 Å². The summed E-state index contributed by atoms with van der Waals surface area (Å²) in [7, 11) is 3.12. The zero-order valence-electron chi connectivity index (χ0n) is 15.3. The van der Waals surface area contributed by atoms with Gasteiger partial charge in [0.05, 0.1) is 14.2 Å². The summed E-state index contributed by atoms with van der Waals surface area (Å²) in [6.45, 7) is 6.48. The third kappa shape index (κ3) is 4.61. The van der Waals surface area contributed by atoms with Crippen molar-refractivity contribution < 1.29 is 24.4 Å². The van der Waals surface area contributed by atoms with Crippen molar-refractivity contribution in [3.8, 4) is 17.2 Å². The minimum absolute atomic E-state index is 0.0611. The van der Waals surface area contributed by atoms with E-state index in [1.165, 1.54) is 5.56 Å². The molecule has 2 aromatic carbocycles. The van der Waals surface area contributed by atoms with Crippen molar-refractivity contribution in [2.75, 3.05) is 40.4 Å². The molecule has 2 aromatic rings. The van der Waals surface area contributed by atoms with Gasteiger partial charge in [-0.1, -0.05) is 23.7 Å². The topological polar surface area (TPSA) is 47.6 Å². The van der Waals surface area contributed by atoms with E-state index in [9.17, 15) is 5.11 Å². The van der Waals surface area contributed by atoms with Crippen LogP contribution in [0.15, 0.2) is 36.4 Å². The molecule has 0 spiro atoms. The van der Waals surface area contributed by atoms with Gasteiger partial charge in [0.2, 0.25) is 5.75 Å². The number of halogens is 1. The lowest BCUT2D eigenvalue weighted by Crippen LogP contribution is -3.27. The Balaban J connectivity index is 1.56. The molecule has 1 saturated heterocycles. The highest BCUT2D eigenvalue weighted by Gasteiger charge is 2.24. The van der Waals surface area contributed by atoms with E-state index in [1.54, 1.807) is 24.0 Å². The minimum atomic E-state index is 0.0611. The lowest BCUT2D eigenvalue weighted by atomic mass is 10.1. The molecule has 3 N–H and O–H groups in total. The summed E-state index contributed by atoms with van der Waals surface area (Å²) in [6.07, 6.45) is 0. The molecule has 0 aromatic heterocycles. The van der Waals surface area contributed by atoms with Crippen LogP contribution < -0.4 is 19.3 Å². The van der Waals surface area contributed by atoms with Crippen LogP contribution in [-0.4, -0.2) is 45.5 Å². The lowest BCUT2D eigenvalue weighted by molar-refractivity contribution is -1.02. The number of methoxy groups -OCH3 is 2. The van der Waals surface area contributed by atoms with E-state index in [1.807, 2.05) is 24.3 Å². The van der Waals surface area contributed by atoms with Gasteiger partial charge in [-0.15, -0.1) is 0 Å². The molecule has 0 radical (unpaired) electrons. The molecule has 0 bridgehead atoms. The highest BCUT2D eigenvalue weighted by Crippen LogP contribution is 2.36. The Labute approximate surface area is 159 Å². The Kier molecular flexibility index (Phi) is 6.25. The van der Waals surface area contributed by atoms with Crippen molar-refractivity contribution in [2.24, 2.45) is 0 Å². The number of hydrogen-bond donors (Lipinski definition) is 3. The molecule has 1 aliphatic rings. The highest BCUT2D eigenvalue weighted by molar-refractivity contribution is 6.30. The Bertz CT molecular complexity index is 703. The molecule has 3 rings (SSSR count). The minimum Gasteiger partial charge on any atom is -0.502 e. The number of aromatic hydroxyl groups is 1. The van der Waals surface area contributed by atoms with Crippen molar-refractivity contribution in [3.63, 3.8) is 0 Å². The molecule has 0 saturated carbocycles. The van der Waals surface area contributed by atoms with Crippen molar-refractivity contribution >= 4 is 11.6 Å². The molecule has 1 aliphatic heterocycles. The summed E-state index contributed by atoms with van der Waals surface area (Å²) in [5.41, 5.74) is 2.45. The van der Waals surface area contributed by atoms with Gasteiger partial charge in [-0.05, 0) is 24.3 Å². The van der Waals surface area contributed by atoms with Crippen LogP contribution in [0.25, 0.3) is 0 Å². The van der Waals surface area contributed by atoms with Crippen LogP contribution in [0, 0.1) is 0 Å². The summed E-state index contributed by atoms with van der Waals surface area (Å²) < 4.78 is 10.5. The molecule has 0 atom stereocenters. The average Bonchev–Trinajstić information content (AvgIpc) is 2.66. The number of benzene rings is 2. The normalized spacial score (nSPS) is 20.0. The second-order valence-corrected chi connectivity index (χ2v) is 7.27. The zero-order chi connectivity index (χ0) is 18.5. The largest absolute Gasteiger partial charge is 0.502 e. The van der Waals surface area contributed by atoms with Crippen molar-refractivity contribution in [2.45, 2.75) is 13.1 Å². The van der Waals surface area contributed by atoms with Crippen molar-refractivity contribution in [1.29, 1.82) is 0 Å². The smallest absolute Gasteiger partial charge is 0.200 e. The summed E-state index contributed by atoms with van der Waals surface area (Å²) in [6, 6.07) is 12.0. The number of hydrogen-bond acceptors (Lipinski definition) is 3. The van der Waals surface area contributed by atoms with Crippen LogP contribution in [0.2, 0.25) is 5.02 Å². The van der Waals surface area contributed by atoms with Crippen molar-refractivity contribution in [1.82, 2.24) is 0 Å². The Morgan fingerprint density at radius 1 is 0.846 bits per heavy atom. The van der Waals surface area contributed by atoms with E-state index in [4.69, 9.17) is 21.1 Å². The number of quaternary nitrogens is 2. The summed E-state index contributed by atoms with van der Waals surface area (Å²) in [5.74, 6) is 0.988. The number of ether oxygens (including phenoxy) is 2. The third-order valence-electron chi connectivity index (χ3n) is 5.03. The van der Waals surface area contributed by atoms with E-state index in [-0.39, 0.29) is 5.75 Å². The summed E-state index contributed by atoms with van der Waals surface area (Å²) in [5, 5.41) is 10.8. The Hall–Kier alpha value is -1.95. The van der Waals surface area contributed by atoms with Gasteiger partial charge in [0.25, 0.3) is 0 Å². The second kappa shape index (κ2) is 8.62. The molecule has 26 heavy (non-hydrogen) atoms. The molecule has 5 nitrogen and oxygen atoms in total. The van der Waals surface area contributed by atoms with Gasteiger partial charge in [-0.25, -0.2) is 0 Å². The lowest BCUT2D eigenvalue weighted by Gasteiger charge is -2.30. The van der Waals surface area contributed by atoms with Crippen molar-refractivity contribution in [3.05, 3.63) is 52.5 Å². The molecule has 0 aliphatic carbocycles. The maximum Gasteiger partial charge on any atom is 0.200 e. The fraction of sp³-hybridized carbons (Fsp3) is 0.400. The number of phenols is 1. The van der Waals surface area contributed by atoms with E-state index in [0.29, 0.717) is 11.5 Å². The Morgan fingerprint density at radius 2 is 1.31 bits per heavy atom. The van der Waals surface area contributed by atoms with Gasteiger partial charge in [-0.2, -0.15) is 0 Å². The number of rotatable bonds is 6. The Morgan fingerprint density at radius 3 is 1.77 bits per heavy atom. The quantitative estimate of drug-likeness (QED) is 0.688. The first-order chi connectivity index (χ1) is 12.6. The van der Waals surface area contributed by atoms with Crippen LogP contribution >= 0.6 is 11.6 Å². The molecule has 6 heteroatoms. The van der Waals surface area contributed by atoms with Gasteiger partial charge < -0.3 is 24.4 Å². The second-order valence-electron chi connectivity index (χ2n) is 6.83. The fourth-order valence-corrected chi connectivity index (χ4v) is 3.67. The predicted molar refractivity (Wildman–Crippen MR) is 101 cm³/mol. The number of phenolic OH excluding ortho intramolecular Hbond substituents is 1. The van der Waals surface area contributed by atoms with Gasteiger partial charge in [0.1, 0.15) is 39.3 Å². The van der Waals surface area contributed by atoms with Gasteiger partial charge >= 0.3 is 0 Å². The maximum absolute atomic E-state index is 10.0. The van der Waals surface area contributed by atoms with E-state index in [0.717, 1.165) is 49.9 Å². The first-order valence-electron chi connectivity index (χ1n) is 8.94. The SMILES string of the molecule is COc1cc(C[NH+]2CC[NH+](Cc3ccc(Cl)cc3)CC2)cc(OC)c1O. The van der Waals surface area contributed by atoms with Gasteiger partial charge in [-0.3, -0.25) is 0 Å². The number of piperazine rings is 1. The van der Waals surface area contributed by atoms with Crippen LogP contribution in [0.4, 0.5) is 0 Å². The molecular formula is C20H27ClN2O3+2. The molecular weight excluding hydrogens is 352 g/mol. The molecule has 0 amide bonds. The van der Waals surface area contributed by atoms with E-state index < -0.39 is 0 Å². The van der Waals surface area contributed by atoms with Crippen LogP contribution in [0.5, 0.6) is 17.2 Å². The fourth-order valence-electron chi connectivity index (χ4n) is 3.54. The summed E-state index contributed by atoms with van der Waals surface area (Å²) in [4.78, 5) is 3.15. The first kappa shape index (κ1) is 18.8. The standard InChI is InChI=1S/C20H25ClN2O3/c1-25-18-11-16(12-19(26-2)20(18)24)14-23-9-7-22(8-10-23)13-15-3-5-17(21)6-4-15/h3-6,11-12,24H,7-10,13-14H2,1-2H3/p+2. The van der Waals surface area contributed by atoms with Crippen LogP contribution in [0.3, 0.4) is 0 Å². The highest BCUT2D eigenvalue weighted by atomic mass is 35.5. The van der Waals surface area contributed by atoms with Crippen LogP contribution in [0.1, 0.15) is 11.1 Å². The molecule has 1 fully saturated rings. The molecule has 1 heterocycles. The zero-order valence-corrected chi connectivity index (χ0v) is 16.1. The van der Waals surface area contributed by atoms with Crippen LogP contribution in [-0.2, 0) is 13.1 Å². The average molecular weight is 379 g/mol. The van der Waals surface area contributed by atoms with E-state index >= 15 is 0 Å². The number of nitrogens with one attached hydrogen (secondary N) is 2. The maximum atomic E-state index is 10.0. The first-order valence-corrected chi connectivity index (χ1v) is 9.32. The summed E-state index contributed by atoms with van der Waals surface area (Å²) >= 11 is 5.96. The predicted octanol–water partition coefficient (Wildman–Crippen LogP) is 0.546. The third-order valence-corrected chi connectivity index (χ3v) is 5.28. The van der Waals surface area contributed by atoms with E-state index in [2.05, 4.69) is 12.1 Å². The molecule has 140 valence electrons. The monoisotopic (exact) mass is 378 g/mol. The molecule has 0 unspecified atom stereocenters.